The number of pyridine rings is 1. The van der Waals surface area contributed by atoms with Crippen molar-refractivity contribution in [3.05, 3.63) is 92.7 Å². The van der Waals surface area contributed by atoms with Crippen molar-refractivity contribution in [3.63, 3.8) is 0 Å². The molecule has 0 amide bonds. The second-order valence-corrected chi connectivity index (χ2v) is 11.4. The van der Waals surface area contributed by atoms with E-state index in [4.69, 9.17) is 27.9 Å². The van der Waals surface area contributed by atoms with E-state index in [0.717, 1.165) is 16.5 Å². The van der Waals surface area contributed by atoms with Crippen molar-refractivity contribution < 1.29 is 27.8 Å². The molecule has 11 heteroatoms. The molecule has 1 atom stereocenters. The first-order valence-electron chi connectivity index (χ1n) is 11.3. The molecule has 2 heterocycles. The van der Waals surface area contributed by atoms with Crippen LogP contribution in [0.2, 0.25) is 10.0 Å². The summed E-state index contributed by atoms with van der Waals surface area (Å²) in [6.45, 7) is 6.20. The minimum Gasteiger partial charge on any atom is -0.465 e. The molecule has 1 unspecified atom stereocenters. The minimum absolute atomic E-state index is 0.0142. The molecule has 5 nitrogen and oxygen atoms in total. The molecule has 0 aliphatic carbocycles. The quantitative estimate of drug-likeness (QED) is 0.241. The van der Waals surface area contributed by atoms with Crippen LogP contribution < -0.4 is 0 Å². The van der Waals surface area contributed by atoms with E-state index < -0.39 is 23.9 Å². The second-order valence-electron chi connectivity index (χ2n) is 9.55. The topological polar surface area (TPSA) is 64.3 Å². The van der Waals surface area contributed by atoms with Crippen molar-refractivity contribution in [1.82, 2.24) is 8.96 Å². The molecule has 0 saturated heterocycles. The predicted molar refractivity (Wildman–Crippen MR) is 143 cm³/mol. The number of alkyl halides is 3. The SMILES string of the molecule is COC(=O)c1ccc(Cl)c(C(O)c2cc3nc(C(F)(F)F)ccc3n2Sc2cccc(C(C)(C)C)c2)c1Cl. The summed E-state index contributed by atoms with van der Waals surface area (Å²) in [6.07, 6.45) is -6.16. The average molecular weight is 583 g/mol. The lowest BCUT2D eigenvalue weighted by Crippen LogP contribution is -2.11. The normalized spacial score (nSPS) is 13.1. The third-order valence-corrected chi connectivity index (χ3v) is 7.70. The Balaban J connectivity index is 1.92. The standard InChI is InChI=1S/C27H23Cl2F3N2O3S/c1-26(2,3)14-6-5-7-15(12-14)38-34-19-10-11-21(27(30,31)32)33-18(19)13-20(34)24(35)22-17(28)9-8-16(23(22)29)25(36)37-4/h5-13,24,35H,1-4H3. The Bertz CT molecular complexity index is 1530. The Kier molecular flexibility index (Phi) is 7.78. The Morgan fingerprint density at radius 2 is 1.79 bits per heavy atom. The number of ether oxygens (including phenoxy) is 1. The molecule has 0 bridgehead atoms. The van der Waals surface area contributed by atoms with Gasteiger partial charge in [0, 0.05) is 15.5 Å². The summed E-state index contributed by atoms with van der Waals surface area (Å²) in [5.74, 6) is -0.731. The van der Waals surface area contributed by atoms with Crippen molar-refractivity contribution in [1.29, 1.82) is 0 Å². The lowest BCUT2D eigenvalue weighted by Gasteiger charge is -2.21. The Morgan fingerprint density at radius 3 is 2.42 bits per heavy atom. The average Bonchev–Trinajstić information content (AvgIpc) is 3.20. The maximum Gasteiger partial charge on any atom is 0.433 e. The van der Waals surface area contributed by atoms with E-state index in [1.165, 1.54) is 43.3 Å². The highest BCUT2D eigenvalue weighted by atomic mass is 35.5. The van der Waals surface area contributed by atoms with Gasteiger partial charge < -0.3 is 9.84 Å². The zero-order valence-electron chi connectivity index (χ0n) is 20.7. The van der Waals surface area contributed by atoms with Crippen molar-refractivity contribution in [2.75, 3.05) is 7.11 Å². The Labute approximate surface area is 231 Å². The highest BCUT2D eigenvalue weighted by Crippen LogP contribution is 2.41. The van der Waals surface area contributed by atoms with Gasteiger partial charge in [-0.25, -0.2) is 9.78 Å². The highest BCUT2D eigenvalue weighted by molar-refractivity contribution is 7.98. The monoisotopic (exact) mass is 582 g/mol. The number of halogens is 5. The van der Waals surface area contributed by atoms with Gasteiger partial charge in [0.2, 0.25) is 0 Å². The summed E-state index contributed by atoms with van der Waals surface area (Å²) >= 11 is 14.1. The predicted octanol–water partition coefficient (Wildman–Crippen LogP) is 8.08. The molecule has 4 aromatic rings. The number of rotatable bonds is 5. The molecule has 2 aromatic carbocycles. The Morgan fingerprint density at radius 1 is 1.08 bits per heavy atom. The van der Waals surface area contributed by atoms with Gasteiger partial charge in [0.1, 0.15) is 11.8 Å². The molecule has 200 valence electrons. The molecular weight excluding hydrogens is 560 g/mol. The summed E-state index contributed by atoms with van der Waals surface area (Å²) < 4.78 is 46.6. The number of carbonyl (C=O) groups is 1. The van der Waals surface area contributed by atoms with E-state index in [1.807, 2.05) is 24.3 Å². The van der Waals surface area contributed by atoms with Crippen LogP contribution in [-0.2, 0) is 16.3 Å². The van der Waals surface area contributed by atoms with Crippen LogP contribution in [0.1, 0.15) is 59.7 Å². The lowest BCUT2D eigenvalue weighted by atomic mass is 9.87. The number of fused-ring (bicyclic) bond motifs is 1. The van der Waals surface area contributed by atoms with Crippen LogP contribution in [-0.4, -0.2) is 27.1 Å². The molecular formula is C27H23Cl2F3N2O3S. The number of methoxy groups -OCH3 is 1. The van der Waals surface area contributed by atoms with E-state index in [1.54, 1.807) is 3.97 Å². The van der Waals surface area contributed by atoms with Crippen molar-refractivity contribution in [2.45, 2.75) is 43.4 Å². The number of nitrogens with zero attached hydrogens (tertiary/aromatic N) is 2. The third kappa shape index (κ3) is 5.52. The second kappa shape index (κ2) is 10.4. The smallest absolute Gasteiger partial charge is 0.433 e. The molecule has 1 N–H and O–H groups in total. The van der Waals surface area contributed by atoms with E-state index in [9.17, 15) is 23.1 Å². The van der Waals surface area contributed by atoms with Crippen LogP contribution >= 0.6 is 35.1 Å². The first-order valence-corrected chi connectivity index (χ1v) is 12.9. The number of hydrogen-bond acceptors (Lipinski definition) is 5. The van der Waals surface area contributed by atoms with Crippen LogP contribution in [0.25, 0.3) is 11.0 Å². The molecule has 0 radical (unpaired) electrons. The molecule has 4 rings (SSSR count). The van der Waals surface area contributed by atoms with E-state index in [2.05, 4.69) is 25.8 Å². The molecule has 2 aromatic heterocycles. The lowest BCUT2D eigenvalue weighted by molar-refractivity contribution is -0.140. The minimum atomic E-state index is -4.65. The van der Waals surface area contributed by atoms with Gasteiger partial charge in [0.15, 0.2) is 0 Å². The summed E-state index contributed by atoms with van der Waals surface area (Å²) in [5, 5.41) is 11.4. The van der Waals surface area contributed by atoms with Gasteiger partial charge >= 0.3 is 12.1 Å². The first-order chi connectivity index (χ1) is 17.7. The van der Waals surface area contributed by atoms with Gasteiger partial charge in [-0.05, 0) is 65.4 Å². The van der Waals surface area contributed by atoms with Crippen molar-refractivity contribution in [3.8, 4) is 0 Å². The molecule has 0 fully saturated rings. The number of aliphatic hydroxyl groups excluding tert-OH is 1. The molecule has 0 saturated carbocycles. The zero-order chi connectivity index (χ0) is 28.0. The van der Waals surface area contributed by atoms with Gasteiger partial charge in [-0.2, -0.15) is 13.2 Å². The maximum atomic E-state index is 13.4. The largest absolute Gasteiger partial charge is 0.465 e. The fourth-order valence-corrected chi connectivity index (χ4v) is 5.59. The number of benzene rings is 2. The van der Waals surface area contributed by atoms with Crippen LogP contribution in [0.15, 0.2) is 59.5 Å². The molecule has 0 aliphatic heterocycles. The fraction of sp³-hybridized carbons (Fsp3) is 0.259. The van der Waals surface area contributed by atoms with E-state index >= 15 is 0 Å². The molecule has 0 aliphatic rings. The van der Waals surface area contributed by atoms with Crippen molar-refractivity contribution >= 4 is 52.2 Å². The van der Waals surface area contributed by atoms with Gasteiger partial charge in [0.25, 0.3) is 0 Å². The Hall–Kier alpha value is -2.72. The van der Waals surface area contributed by atoms with Gasteiger partial charge in [-0.15, -0.1) is 0 Å². The van der Waals surface area contributed by atoms with E-state index in [0.29, 0.717) is 5.52 Å². The highest BCUT2D eigenvalue weighted by Gasteiger charge is 2.34. The molecule has 38 heavy (non-hydrogen) atoms. The number of carbonyl (C=O) groups excluding carboxylic acids is 1. The van der Waals surface area contributed by atoms with Crippen LogP contribution in [0, 0.1) is 0 Å². The first kappa shape index (κ1) is 28.3. The third-order valence-electron chi connectivity index (χ3n) is 5.91. The maximum absolute atomic E-state index is 13.4. The summed E-state index contributed by atoms with van der Waals surface area (Å²) in [7, 11) is 1.19. The summed E-state index contributed by atoms with van der Waals surface area (Å²) in [5.41, 5.74) is 0.375. The van der Waals surface area contributed by atoms with Gasteiger partial charge in [-0.3, -0.25) is 3.97 Å². The molecule has 0 spiro atoms. The zero-order valence-corrected chi connectivity index (χ0v) is 23.1. The summed E-state index contributed by atoms with van der Waals surface area (Å²) in [6, 6.07) is 14.0. The number of esters is 1. The van der Waals surface area contributed by atoms with Crippen LogP contribution in [0.4, 0.5) is 13.2 Å². The van der Waals surface area contributed by atoms with Crippen LogP contribution in [0.5, 0.6) is 0 Å². The van der Waals surface area contributed by atoms with E-state index in [-0.39, 0.29) is 37.8 Å². The number of hydrogen-bond donors (Lipinski definition) is 1. The van der Waals surface area contributed by atoms with Crippen LogP contribution in [0.3, 0.4) is 0 Å². The number of aromatic nitrogens is 2. The summed E-state index contributed by atoms with van der Waals surface area (Å²) in [4.78, 5) is 16.8. The van der Waals surface area contributed by atoms with Crippen molar-refractivity contribution in [2.24, 2.45) is 0 Å². The van der Waals surface area contributed by atoms with Gasteiger partial charge in [-0.1, -0.05) is 56.1 Å². The van der Waals surface area contributed by atoms with Gasteiger partial charge in [0.05, 0.1) is 34.4 Å². The number of aliphatic hydroxyl groups is 1. The fourth-order valence-electron chi connectivity index (χ4n) is 3.89.